The summed E-state index contributed by atoms with van der Waals surface area (Å²) in [6.07, 6.45) is 7.73. The molecule has 0 saturated heterocycles. The Morgan fingerprint density at radius 3 is 2.02 bits per heavy atom. The van der Waals surface area contributed by atoms with Crippen LogP contribution < -0.4 is 21.3 Å². The van der Waals surface area contributed by atoms with Gasteiger partial charge in [0.25, 0.3) is 0 Å². The minimum atomic E-state index is -0.403. The van der Waals surface area contributed by atoms with Crippen molar-refractivity contribution in [2.24, 2.45) is 5.92 Å². The highest BCUT2D eigenvalue weighted by atomic mass is 16.2. The van der Waals surface area contributed by atoms with Gasteiger partial charge >= 0.3 is 0 Å². The number of hydrogen-bond donors (Lipinski definition) is 4. The Morgan fingerprint density at radius 2 is 1.50 bits per heavy atom. The largest absolute Gasteiger partial charge is 0.338 e. The first kappa shape index (κ1) is 39.8. The molecule has 0 aromatic heterocycles. The van der Waals surface area contributed by atoms with E-state index in [2.05, 4.69) is 47.0 Å². The Labute approximate surface area is 266 Å². The molecule has 0 saturated carbocycles. The van der Waals surface area contributed by atoms with Crippen molar-refractivity contribution < 1.29 is 14.4 Å². The van der Waals surface area contributed by atoms with Gasteiger partial charge in [-0.15, -0.1) is 0 Å². The van der Waals surface area contributed by atoms with Gasteiger partial charge in [0.05, 0.1) is 6.54 Å². The average molecular weight is 603 g/mol. The third-order valence-electron chi connectivity index (χ3n) is 6.14. The van der Waals surface area contributed by atoms with Gasteiger partial charge < -0.3 is 21.3 Å². The van der Waals surface area contributed by atoms with Gasteiger partial charge in [0.15, 0.2) is 0 Å². The van der Waals surface area contributed by atoms with Crippen LogP contribution in [0.1, 0.15) is 92.2 Å². The lowest BCUT2D eigenvalue weighted by Gasteiger charge is -2.22. The fraction of sp³-hybridized carbons (Fsp3) is 0.432. The molecule has 0 spiro atoms. The molecule has 0 fully saturated rings. The van der Waals surface area contributed by atoms with Crippen LogP contribution in [0.25, 0.3) is 0 Å². The van der Waals surface area contributed by atoms with Gasteiger partial charge in [-0.3, -0.25) is 14.4 Å². The predicted molar refractivity (Wildman–Crippen MR) is 185 cm³/mol. The highest BCUT2D eigenvalue weighted by Gasteiger charge is 2.19. The molecule has 0 bridgehead atoms. The summed E-state index contributed by atoms with van der Waals surface area (Å²) >= 11 is 0. The van der Waals surface area contributed by atoms with Crippen molar-refractivity contribution in [1.82, 2.24) is 16.0 Å². The maximum absolute atomic E-state index is 12.5. The molecule has 7 heteroatoms. The monoisotopic (exact) mass is 602 g/mol. The lowest BCUT2D eigenvalue weighted by Crippen LogP contribution is -2.48. The van der Waals surface area contributed by atoms with E-state index in [9.17, 15) is 14.4 Å². The molecule has 1 aliphatic carbocycles. The van der Waals surface area contributed by atoms with Crippen molar-refractivity contribution in [2.45, 2.75) is 93.8 Å². The van der Waals surface area contributed by atoms with E-state index < -0.39 is 6.17 Å². The van der Waals surface area contributed by atoms with Crippen molar-refractivity contribution >= 4 is 23.9 Å². The molecule has 2 aromatic carbocycles. The molecule has 4 N–H and O–H groups in total. The molecule has 44 heavy (non-hydrogen) atoms. The molecule has 1 unspecified atom stereocenters. The zero-order valence-electron chi connectivity index (χ0n) is 28.1. The topological polar surface area (TPSA) is 99.3 Å². The number of benzene rings is 2. The highest BCUT2D eigenvalue weighted by molar-refractivity contribution is 5.94. The molecule has 0 radical (unpaired) electrons. The summed E-state index contributed by atoms with van der Waals surface area (Å²) in [4.78, 5) is 35.4. The number of carbonyl (C=O) groups is 3. The van der Waals surface area contributed by atoms with Crippen LogP contribution in [-0.2, 0) is 20.9 Å². The number of amides is 3. The zero-order valence-corrected chi connectivity index (χ0v) is 28.1. The predicted octanol–water partition coefficient (Wildman–Crippen LogP) is 7.12. The van der Waals surface area contributed by atoms with Crippen LogP contribution in [0.15, 0.2) is 77.9 Å². The van der Waals surface area contributed by atoms with Crippen LogP contribution in [0, 0.1) is 17.8 Å². The number of carbonyl (C=O) groups excluding carboxylic acids is 3. The second-order valence-electron chi connectivity index (χ2n) is 9.83. The quantitative estimate of drug-likeness (QED) is 0.125. The molecule has 1 aliphatic rings. The average Bonchev–Trinajstić information content (AvgIpc) is 3.07. The maximum Gasteiger partial charge on any atom is 0.248 e. The molecule has 3 amide bonds. The number of anilines is 1. The van der Waals surface area contributed by atoms with Crippen molar-refractivity contribution in [3.05, 3.63) is 89.0 Å². The standard InChI is InChI=1S/C29H32N4O3.C4H10.2C2H6/c1-21(2)28(31-20-34)33-29(36)25-14-10-22(11-15-25)8-9-23-12-16-26(17-13-23)32-27(35)19-30-18-24-6-4-3-5-7-24;1-3-4-2;2*1-2/h3-7,10,12-14,16-17,20-21,28,30H,11,15,18-19H2,1-2H3,(H,31,34)(H,32,35)(H,33,36);3-4H2,1-2H3;2*1-2H3. The summed E-state index contributed by atoms with van der Waals surface area (Å²) in [5, 5.41) is 11.5. The van der Waals surface area contributed by atoms with Gasteiger partial charge in [-0.2, -0.15) is 0 Å². The molecule has 0 heterocycles. The zero-order chi connectivity index (χ0) is 33.2. The summed E-state index contributed by atoms with van der Waals surface area (Å²) in [5.41, 5.74) is 4.29. The Morgan fingerprint density at radius 1 is 0.864 bits per heavy atom. The van der Waals surface area contributed by atoms with Gasteiger partial charge in [0.1, 0.15) is 6.17 Å². The normalized spacial score (nSPS) is 11.9. The first-order valence-corrected chi connectivity index (χ1v) is 15.9. The van der Waals surface area contributed by atoms with E-state index in [-0.39, 0.29) is 24.3 Å². The van der Waals surface area contributed by atoms with Gasteiger partial charge in [-0.25, -0.2) is 0 Å². The minimum absolute atomic E-state index is 0.0799. The number of nitrogens with one attached hydrogen (secondary N) is 4. The summed E-state index contributed by atoms with van der Waals surface area (Å²) in [6.45, 7) is 17.1. The van der Waals surface area contributed by atoms with Gasteiger partial charge in [0, 0.05) is 28.9 Å². The molecule has 3 rings (SSSR count). The molecular weight excluding hydrogens is 548 g/mol. The smallest absolute Gasteiger partial charge is 0.248 e. The van der Waals surface area contributed by atoms with Crippen LogP contribution >= 0.6 is 0 Å². The summed E-state index contributed by atoms with van der Waals surface area (Å²) in [5.74, 6) is 6.09. The molecule has 240 valence electrons. The highest BCUT2D eigenvalue weighted by Crippen LogP contribution is 2.19. The van der Waals surface area contributed by atoms with Crippen LogP contribution in [0.4, 0.5) is 5.69 Å². The number of hydrogen-bond acceptors (Lipinski definition) is 4. The maximum atomic E-state index is 12.5. The Bertz CT molecular complexity index is 1200. The fourth-order valence-electron chi connectivity index (χ4n) is 3.55. The van der Waals surface area contributed by atoms with E-state index in [4.69, 9.17) is 0 Å². The van der Waals surface area contributed by atoms with E-state index >= 15 is 0 Å². The van der Waals surface area contributed by atoms with Crippen molar-refractivity contribution in [3.8, 4) is 11.8 Å². The van der Waals surface area contributed by atoms with E-state index in [0.717, 1.165) is 16.7 Å². The first-order chi connectivity index (χ1) is 21.4. The van der Waals surface area contributed by atoms with Crippen molar-refractivity contribution in [1.29, 1.82) is 0 Å². The molecular formula is C37H54N4O3. The minimum Gasteiger partial charge on any atom is -0.338 e. The third-order valence-corrected chi connectivity index (χ3v) is 6.14. The molecule has 7 nitrogen and oxygen atoms in total. The Balaban J connectivity index is 0.00000210. The van der Waals surface area contributed by atoms with Gasteiger partial charge in [0.2, 0.25) is 18.2 Å². The summed E-state index contributed by atoms with van der Waals surface area (Å²) < 4.78 is 0. The number of unbranched alkanes of at least 4 members (excludes halogenated alkanes) is 1. The summed E-state index contributed by atoms with van der Waals surface area (Å²) in [6, 6.07) is 17.3. The Kier molecular flexibility index (Phi) is 23.0. The van der Waals surface area contributed by atoms with E-state index in [0.29, 0.717) is 37.1 Å². The van der Waals surface area contributed by atoms with Crippen LogP contribution in [0.5, 0.6) is 0 Å². The van der Waals surface area contributed by atoms with E-state index in [1.165, 1.54) is 12.8 Å². The van der Waals surface area contributed by atoms with Crippen LogP contribution in [0.2, 0.25) is 0 Å². The number of allylic oxidation sites excluding steroid dienone is 3. The first-order valence-electron chi connectivity index (χ1n) is 15.9. The second kappa shape index (κ2) is 25.4. The molecule has 0 aliphatic heterocycles. The lowest BCUT2D eigenvalue weighted by atomic mass is 9.97. The second-order valence-corrected chi connectivity index (χ2v) is 9.83. The summed E-state index contributed by atoms with van der Waals surface area (Å²) in [7, 11) is 0. The fourth-order valence-corrected chi connectivity index (χ4v) is 3.55. The van der Waals surface area contributed by atoms with Crippen molar-refractivity contribution in [2.75, 3.05) is 11.9 Å². The van der Waals surface area contributed by atoms with E-state index in [1.807, 2.05) is 102 Å². The van der Waals surface area contributed by atoms with Crippen LogP contribution in [-0.4, -0.2) is 30.9 Å². The lowest BCUT2D eigenvalue weighted by molar-refractivity contribution is -0.119. The molecule has 2 aromatic rings. The SMILES string of the molecule is CC.CC.CC(C)C(NC=O)NC(=O)C1=CC=C(C#Cc2ccc(NC(=O)CNCc3ccccc3)cc2)CC1.CCCC. The molecule has 1 atom stereocenters. The van der Waals surface area contributed by atoms with Gasteiger partial charge in [-0.1, -0.05) is 123 Å². The number of rotatable bonds is 11. The van der Waals surface area contributed by atoms with E-state index in [1.54, 1.807) is 6.08 Å². The van der Waals surface area contributed by atoms with Crippen molar-refractivity contribution in [3.63, 3.8) is 0 Å². The third kappa shape index (κ3) is 17.1. The van der Waals surface area contributed by atoms with Crippen LogP contribution in [0.3, 0.4) is 0 Å². The van der Waals surface area contributed by atoms with Gasteiger partial charge in [-0.05, 0) is 48.6 Å². The Hall–Kier alpha value is -4.15.